The monoisotopic (exact) mass is 264 g/mol. The van der Waals surface area contributed by atoms with Crippen molar-refractivity contribution in [1.82, 2.24) is 10.2 Å². The number of rotatable bonds is 5. The summed E-state index contributed by atoms with van der Waals surface area (Å²) in [5.74, 6) is 2.45. The molecule has 18 heavy (non-hydrogen) atoms. The second kappa shape index (κ2) is 7.17. The molecular weight excluding hydrogens is 240 g/mol. The highest BCUT2D eigenvalue weighted by molar-refractivity contribution is 7.99. The number of hydrogen-bond donors (Lipinski definition) is 1. The first kappa shape index (κ1) is 13.9. The average Bonchev–Trinajstić information content (AvgIpc) is 2.45. The molecule has 2 nitrogen and oxygen atoms in total. The maximum absolute atomic E-state index is 3.53. The molecule has 1 N–H and O–H groups in total. The predicted molar refractivity (Wildman–Crippen MR) is 81.2 cm³/mol. The first-order valence-corrected chi connectivity index (χ1v) is 8.07. The third-order valence-corrected chi connectivity index (χ3v) is 4.72. The SMILES string of the molecule is CCSCC(C)N1CCNCC1c1ccccc1. The summed E-state index contributed by atoms with van der Waals surface area (Å²) in [6.45, 7) is 7.95. The lowest BCUT2D eigenvalue weighted by Crippen LogP contribution is -2.50. The van der Waals surface area contributed by atoms with Crippen LogP contribution < -0.4 is 5.32 Å². The Kier molecular flexibility index (Phi) is 5.54. The molecule has 2 unspecified atom stereocenters. The van der Waals surface area contributed by atoms with Gasteiger partial charge in [0.15, 0.2) is 0 Å². The van der Waals surface area contributed by atoms with E-state index in [-0.39, 0.29) is 0 Å². The molecule has 1 saturated heterocycles. The summed E-state index contributed by atoms with van der Waals surface area (Å²) in [6, 6.07) is 12.1. The summed E-state index contributed by atoms with van der Waals surface area (Å²) in [6.07, 6.45) is 0. The van der Waals surface area contributed by atoms with Gasteiger partial charge < -0.3 is 5.32 Å². The van der Waals surface area contributed by atoms with Gasteiger partial charge in [-0.3, -0.25) is 4.90 Å². The van der Waals surface area contributed by atoms with Crippen molar-refractivity contribution in [2.45, 2.75) is 25.9 Å². The molecule has 2 rings (SSSR count). The molecule has 1 heterocycles. The molecule has 1 fully saturated rings. The van der Waals surface area contributed by atoms with Crippen LogP contribution in [0, 0.1) is 0 Å². The summed E-state index contributed by atoms with van der Waals surface area (Å²) in [5, 5.41) is 3.53. The molecule has 0 amide bonds. The highest BCUT2D eigenvalue weighted by atomic mass is 32.2. The molecule has 0 bridgehead atoms. The Bertz CT molecular complexity index is 342. The first-order valence-electron chi connectivity index (χ1n) is 6.92. The fraction of sp³-hybridized carbons (Fsp3) is 0.600. The molecule has 3 heteroatoms. The van der Waals surface area contributed by atoms with Crippen LogP contribution in [0.25, 0.3) is 0 Å². The van der Waals surface area contributed by atoms with E-state index in [1.807, 2.05) is 11.8 Å². The molecule has 1 aromatic carbocycles. The van der Waals surface area contributed by atoms with E-state index < -0.39 is 0 Å². The third kappa shape index (κ3) is 3.50. The summed E-state index contributed by atoms with van der Waals surface area (Å²) < 4.78 is 0. The number of nitrogens with zero attached hydrogens (tertiary/aromatic N) is 1. The molecule has 0 saturated carbocycles. The van der Waals surface area contributed by atoms with Crippen LogP contribution in [0.5, 0.6) is 0 Å². The van der Waals surface area contributed by atoms with E-state index in [4.69, 9.17) is 0 Å². The Morgan fingerprint density at radius 2 is 2.17 bits per heavy atom. The fourth-order valence-electron chi connectivity index (χ4n) is 2.62. The predicted octanol–water partition coefficient (Wildman–Crippen LogP) is 2.77. The van der Waals surface area contributed by atoms with E-state index >= 15 is 0 Å². The van der Waals surface area contributed by atoms with Crippen LogP contribution in [0.4, 0.5) is 0 Å². The summed E-state index contributed by atoms with van der Waals surface area (Å²) >= 11 is 2.05. The Labute approximate surface area is 115 Å². The summed E-state index contributed by atoms with van der Waals surface area (Å²) in [4.78, 5) is 2.66. The van der Waals surface area contributed by atoms with Crippen molar-refractivity contribution >= 4 is 11.8 Å². The molecule has 0 spiro atoms. The van der Waals surface area contributed by atoms with Gasteiger partial charge in [-0.25, -0.2) is 0 Å². The van der Waals surface area contributed by atoms with Crippen molar-refractivity contribution in [3.63, 3.8) is 0 Å². The quantitative estimate of drug-likeness (QED) is 0.880. The lowest BCUT2D eigenvalue weighted by Gasteiger charge is -2.40. The number of nitrogens with one attached hydrogen (secondary N) is 1. The average molecular weight is 264 g/mol. The van der Waals surface area contributed by atoms with Gasteiger partial charge in [-0.1, -0.05) is 37.3 Å². The lowest BCUT2D eigenvalue weighted by atomic mass is 10.0. The maximum Gasteiger partial charge on any atom is 0.0476 e. The van der Waals surface area contributed by atoms with Gasteiger partial charge in [0, 0.05) is 37.5 Å². The van der Waals surface area contributed by atoms with Gasteiger partial charge in [0.2, 0.25) is 0 Å². The molecular formula is C15H24N2S. The van der Waals surface area contributed by atoms with Gasteiger partial charge in [0.05, 0.1) is 0 Å². The zero-order valence-electron chi connectivity index (χ0n) is 11.4. The Morgan fingerprint density at radius 3 is 2.89 bits per heavy atom. The van der Waals surface area contributed by atoms with E-state index in [1.54, 1.807) is 0 Å². The minimum atomic E-state index is 0.535. The van der Waals surface area contributed by atoms with Gasteiger partial charge in [0.1, 0.15) is 0 Å². The van der Waals surface area contributed by atoms with Crippen LogP contribution in [-0.4, -0.2) is 42.1 Å². The van der Waals surface area contributed by atoms with Gasteiger partial charge in [-0.15, -0.1) is 0 Å². The van der Waals surface area contributed by atoms with E-state index in [1.165, 1.54) is 17.1 Å². The summed E-state index contributed by atoms with van der Waals surface area (Å²) in [7, 11) is 0. The zero-order valence-corrected chi connectivity index (χ0v) is 12.2. The van der Waals surface area contributed by atoms with E-state index in [0.717, 1.165) is 19.6 Å². The number of benzene rings is 1. The molecule has 0 radical (unpaired) electrons. The number of hydrogen-bond acceptors (Lipinski definition) is 3. The summed E-state index contributed by atoms with van der Waals surface area (Å²) in [5.41, 5.74) is 1.44. The van der Waals surface area contributed by atoms with E-state index in [0.29, 0.717) is 12.1 Å². The van der Waals surface area contributed by atoms with Crippen molar-refractivity contribution in [2.24, 2.45) is 0 Å². The number of thioether (sulfide) groups is 1. The van der Waals surface area contributed by atoms with Crippen LogP contribution in [-0.2, 0) is 0 Å². The maximum atomic E-state index is 3.53. The molecule has 100 valence electrons. The van der Waals surface area contributed by atoms with E-state index in [9.17, 15) is 0 Å². The van der Waals surface area contributed by atoms with Crippen molar-refractivity contribution < 1.29 is 0 Å². The van der Waals surface area contributed by atoms with Crippen LogP contribution >= 0.6 is 11.8 Å². The normalized spacial score (nSPS) is 22.9. The highest BCUT2D eigenvalue weighted by Gasteiger charge is 2.27. The topological polar surface area (TPSA) is 15.3 Å². The second-order valence-corrected chi connectivity index (χ2v) is 6.20. The van der Waals surface area contributed by atoms with Gasteiger partial charge in [-0.05, 0) is 18.2 Å². The van der Waals surface area contributed by atoms with E-state index in [2.05, 4.69) is 54.4 Å². The minimum Gasteiger partial charge on any atom is -0.314 e. The van der Waals surface area contributed by atoms with Crippen molar-refractivity contribution in [3.05, 3.63) is 35.9 Å². The van der Waals surface area contributed by atoms with Gasteiger partial charge in [-0.2, -0.15) is 11.8 Å². The standard InChI is InChI=1S/C15H24N2S/c1-3-18-12-13(2)17-10-9-16-11-15(17)14-7-5-4-6-8-14/h4-8,13,15-16H,3,9-12H2,1-2H3. The van der Waals surface area contributed by atoms with Crippen molar-refractivity contribution in [1.29, 1.82) is 0 Å². The number of piperazine rings is 1. The minimum absolute atomic E-state index is 0.535. The lowest BCUT2D eigenvalue weighted by molar-refractivity contribution is 0.126. The third-order valence-electron chi connectivity index (χ3n) is 3.60. The van der Waals surface area contributed by atoms with Gasteiger partial charge >= 0.3 is 0 Å². The van der Waals surface area contributed by atoms with Crippen LogP contribution in [0.2, 0.25) is 0 Å². The van der Waals surface area contributed by atoms with Crippen molar-refractivity contribution in [3.8, 4) is 0 Å². The molecule has 1 aliphatic rings. The molecule has 0 aromatic heterocycles. The fourth-order valence-corrected chi connectivity index (χ4v) is 3.38. The van der Waals surface area contributed by atoms with Crippen LogP contribution in [0.3, 0.4) is 0 Å². The smallest absolute Gasteiger partial charge is 0.0476 e. The molecule has 1 aliphatic heterocycles. The Balaban J connectivity index is 2.06. The second-order valence-electron chi connectivity index (χ2n) is 4.88. The first-order chi connectivity index (χ1) is 8.83. The molecule has 0 aliphatic carbocycles. The van der Waals surface area contributed by atoms with Crippen LogP contribution in [0.15, 0.2) is 30.3 Å². The molecule has 1 aromatic rings. The van der Waals surface area contributed by atoms with Crippen molar-refractivity contribution in [2.75, 3.05) is 31.1 Å². The van der Waals surface area contributed by atoms with Gasteiger partial charge in [0.25, 0.3) is 0 Å². The Hall–Kier alpha value is -0.510. The van der Waals surface area contributed by atoms with Crippen LogP contribution in [0.1, 0.15) is 25.5 Å². The zero-order chi connectivity index (χ0) is 12.8. The Morgan fingerprint density at radius 1 is 1.39 bits per heavy atom. The highest BCUT2D eigenvalue weighted by Crippen LogP contribution is 2.25. The molecule has 2 atom stereocenters. The largest absolute Gasteiger partial charge is 0.314 e.